The zero-order valence-corrected chi connectivity index (χ0v) is 11.0. The van der Waals surface area contributed by atoms with Crippen molar-refractivity contribution in [3.8, 4) is 12.3 Å². The molecule has 1 fully saturated rings. The summed E-state index contributed by atoms with van der Waals surface area (Å²) in [6.45, 7) is 3.83. The summed E-state index contributed by atoms with van der Waals surface area (Å²) >= 11 is 0. The van der Waals surface area contributed by atoms with Crippen LogP contribution in [-0.2, 0) is 9.53 Å². The van der Waals surface area contributed by atoms with Crippen LogP contribution in [0.2, 0.25) is 0 Å². The van der Waals surface area contributed by atoms with Crippen LogP contribution in [0.25, 0.3) is 0 Å². The quantitative estimate of drug-likeness (QED) is 0.604. The van der Waals surface area contributed by atoms with Gasteiger partial charge in [0.15, 0.2) is 0 Å². The van der Waals surface area contributed by atoms with Crippen molar-refractivity contribution in [1.82, 2.24) is 9.97 Å². The fraction of sp³-hybridized carbons (Fsp3) is 0.500. The number of aromatic nitrogens is 2. The third-order valence-corrected chi connectivity index (χ3v) is 3.24. The predicted molar refractivity (Wildman–Crippen MR) is 71.5 cm³/mol. The molecule has 0 aromatic carbocycles. The Bertz CT molecular complexity index is 488. The van der Waals surface area contributed by atoms with Crippen molar-refractivity contribution in [1.29, 1.82) is 0 Å². The molecular weight excluding hydrogens is 242 g/mol. The molecule has 1 aromatic heterocycles. The third kappa shape index (κ3) is 3.22. The molecule has 0 spiro atoms. The van der Waals surface area contributed by atoms with Gasteiger partial charge in [-0.3, -0.25) is 4.79 Å². The van der Waals surface area contributed by atoms with Gasteiger partial charge in [0.25, 0.3) is 0 Å². The summed E-state index contributed by atoms with van der Waals surface area (Å²) in [4.78, 5) is 22.0. The van der Waals surface area contributed by atoms with Crippen LogP contribution >= 0.6 is 0 Å². The van der Waals surface area contributed by atoms with Gasteiger partial charge in [-0.1, -0.05) is 5.92 Å². The first-order chi connectivity index (χ1) is 9.24. The SMILES string of the molecule is C#Cc1cc(N2CCC(C(=O)OCC)CC2)ncn1. The first-order valence-electron chi connectivity index (χ1n) is 6.44. The van der Waals surface area contributed by atoms with Crippen molar-refractivity contribution in [2.75, 3.05) is 24.6 Å². The summed E-state index contributed by atoms with van der Waals surface area (Å²) in [6.07, 6.45) is 8.37. The average molecular weight is 259 g/mol. The average Bonchev–Trinajstić information content (AvgIpc) is 2.48. The maximum Gasteiger partial charge on any atom is 0.309 e. The van der Waals surface area contributed by atoms with Gasteiger partial charge in [-0.25, -0.2) is 9.97 Å². The Hall–Kier alpha value is -2.09. The number of terminal acetylenes is 1. The fourth-order valence-electron chi connectivity index (χ4n) is 2.20. The molecule has 2 heterocycles. The smallest absolute Gasteiger partial charge is 0.309 e. The highest BCUT2D eigenvalue weighted by Crippen LogP contribution is 2.22. The van der Waals surface area contributed by atoms with Crippen LogP contribution in [0, 0.1) is 18.3 Å². The lowest BCUT2D eigenvalue weighted by Gasteiger charge is -2.31. The largest absolute Gasteiger partial charge is 0.466 e. The second-order valence-corrected chi connectivity index (χ2v) is 4.42. The monoisotopic (exact) mass is 259 g/mol. The summed E-state index contributed by atoms with van der Waals surface area (Å²) in [5, 5.41) is 0. The van der Waals surface area contributed by atoms with Crippen LogP contribution in [0.15, 0.2) is 12.4 Å². The van der Waals surface area contributed by atoms with E-state index in [4.69, 9.17) is 11.2 Å². The Labute approximate surface area is 113 Å². The van der Waals surface area contributed by atoms with Crippen molar-refractivity contribution < 1.29 is 9.53 Å². The highest BCUT2D eigenvalue weighted by atomic mass is 16.5. The number of anilines is 1. The van der Waals surface area contributed by atoms with Gasteiger partial charge in [0.05, 0.1) is 12.5 Å². The normalized spacial score (nSPS) is 15.9. The second kappa shape index (κ2) is 6.19. The van der Waals surface area contributed by atoms with Crippen LogP contribution in [0.3, 0.4) is 0 Å². The fourth-order valence-corrected chi connectivity index (χ4v) is 2.20. The number of esters is 1. The molecule has 5 heteroatoms. The Morgan fingerprint density at radius 1 is 1.53 bits per heavy atom. The van der Waals surface area contributed by atoms with Gasteiger partial charge in [0.2, 0.25) is 0 Å². The minimum absolute atomic E-state index is 0.00476. The molecule has 5 nitrogen and oxygen atoms in total. The maximum atomic E-state index is 11.6. The summed E-state index contributed by atoms with van der Waals surface area (Å²) in [7, 11) is 0. The van der Waals surface area contributed by atoms with Crippen molar-refractivity contribution in [3.05, 3.63) is 18.1 Å². The lowest BCUT2D eigenvalue weighted by atomic mass is 9.97. The van der Waals surface area contributed by atoms with Crippen LogP contribution in [-0.4, -0.2) is 35.6 Å². The topological polar surface area (TPSA) is 55.3 Å². The first kappa shape index (κ1) is 13.3. The second-order valence-electron chi connectivity index (χ2n) is 4.42. The van der Waals surface area contributed by atoms with E-state index in [1.807, 2.05) is 6.92 Å². The first-order valence-corrected chi connectivity index (χ1v) is 6.44. The molecule has 0 saturated carbocycles. The van der Waals surface area contributed by atoms with E-state index in [0.29, 0.717) is 12.3 Å². The Morgan fingerprint density at radius 3 is 2.89 bits per heavy atom. The molecule has 0 unspecified atom stereocenters. The molecule has 1 aromatic rings. The summed E-state index contributed by atoms with van der Waals surface area (Å²) < 4.78 is 5.05. The molecule has 100 valence electrons. The Morgan fingerprint density at radius 2 is 2.26 bits per heavy atom. The Balaban J connectivity index is 1.96. The van der Waals surface area contributed by atoms with Gasteiger partial charge in [-0.2, -0.15) is 0 Å². The summed E-state index contributed by atoms with van der Waals surface area (Å²) in [6, 6.07) is 1.80. The predicted octanol–water partition coefficient (Wildman–Crippen LogP) is 1.24. The zero-order valence-electron chi connectivity index (χ0n) is 11.0. The molecule has 1 aliphatic heterocycles. The number of rotatable bonds is 3. The van der Waals surface area contributed by atoms with Crippen molar-refractivity contribution >= 4 is 11.8 Å². The molecule has 0 aliphatic carbocycles. The van der Waals surface area contributed by atoms with E-state index in [1.54, 1.807) is 6.07 Å². The lowest BCUT2D eigenvalue weighted by molar-refractivity contribution is -0.148. The van der Waals surface area contributed by atoms with Crippen molar-refractivity contribution in [2.45, 2.75) is 19.8 Å². The molecule has 0 bridgehead atoms. The van der Waals surface area contributed by atoms with Gasteiger partial charge < -0.3 is 9.64 Å². The van der Waals surface area contributed by atoms with Crippen LogP contribution in [0.1, 0.15) is 25.5 Å². The van der Waals surface area contributed by atoms with E-state index in [2.05, 4.69) is 20.8 Å². The highest BCUT2D eigenvalue weighted by Gasteiger charge is 2.26. The summed E-state index contributed by atoms with van der Waals surface area (Å²) in [5.41, 5.74) is 0.581. The van der Waals surface area contributed by atoms with E-state index in [1.165, 1.54) is 6.33 Å². The minimum Gasteiger partial charge on any atom is -0.466 e. The molecule has 0 amide bonds. The number of carbonyl (C=O) groups is 1. The van der Waals surface area contributed by atoms with Crippen molar-refractivity contribution in [2.24, 2.45) is 5.92 Å². The number of ether oxygens (including phenoxy) is 1. The van der Waals surface area contributed by atoms with Gasteiger partial charge >= 0.3 is 5.97 Å². The molecule has 0 atom stereocenters. The molecule has 0 radical (unpaired) electrons. The van der Waals surface area contributed by atoms with E-state index in [0.717, 1.165) is 31.7 Å². The van der Waals surface area contributed by atoms with Gasteiger partial charge in [0, 0.05) is 19.2 Å². The lowest BCUT2D eigenvalue weighted by Crippen LogP contribution is -2.37. The zero-order chi connectivity index (χ0) is 13.7. The number of hydrogen-bond acceptors (Lipinski definition) is 5. The molecule has 1 saturated heterocycles. The maximum absolute atomic E-state index is 11.6. The number of hydrogen-bond donors (Lipinski definition) is 0. The molecule has 1 aliphatic rings. The standard InChI is InChI=1S/C14H17N3O2/c1-3-12-9-13(16-10-15-12)17-7-5-11(6-8-17)14(18)19-4-2/h1,9-11H,4-8H2,2H3. The summed E-state index contributed by atoms with van der Waals surface area (Å²) in [5.74, 6) is 3.24. The van der Waals surface area contributed by atoms with Crippen LogP contribution in [0.4, 0.5) is 5.82 Å². The molecule has 2 rings (SSSR count). The third-order valence-electron chi connectivity index (χ3n) is 3.24. The van der Waals surface area contributed by atoms with Gasteiger partial charge in [-0.05, 0) is 19.8 Å². The highest BCUT2D eigenvalue weighted by molar-refractivity contribution is 5.72. The van der Waals surface area contributed by atoms with E-state index >= 15 is 0 Å². The van der Waals surface area contributed by atoms with Gasteiger partial charge in [-0.15, -0.1) is 6.42 Å². The van der Waals surface area contributed by atoms with Crippen LogP contribution in [0.5, 0.6) is 0 Å². The number of carbonyl (C=O) groups excluding carboxylic acids is 1. The molecule has 0 N–H and O–H groups in total. The van der Waals surface area contributed by atoms with E-state index < -0.39 is 0 Å². The van der Waals surface area contributed by atoms with E-state index in [-0.39, 0.29) is 11.9 Å². The minimum atomic E-state index is -0.0887. The van der Waals surface area contributed by atoms with Crippen LogP contribution < -0.4 is 4.90 Å². The van der Waals surface area contributed by atoms with Crippen molar-refractivity contribution in [3.63, 3.8) is 0 Å². The van der Waals surface area contributed by atoms with E-state index in [9.17, 15) is 4.79 Å². The molecular formula is C14H17N3O2. The van der Waals surface area contributed by atoms with Gasteiger partial charge in [0.1, 0.15) is 17.8 Å². The number of nitrogens with zero attached hydrogens (tertiary/aromatic N) is 3. The number of piperidine rings is 1. The molecule has 19 heavy (non-hydrogen) atoms. The Kier molecular flexibility index (Phi) is 4.35.